The molecule has 1 aliphatic heterocycles. The van der Waals surface area contributed by atoms with Crippen LogP contribution in [0.15, 0.2) is 24.3 Å². The highest BCUT2D eigenvalue weighted by Gasteiger charge is 2.28. The number of hydrogen-bond acceptors (Lipinski definition) is 3. The molecule has 0 radical (unpaired) electrons. The van der Waals surface area contributed by atoms with Gasteiger partial charge in [0, 0.05) is 13.1 Å². The number of nitrogens with one attached hydrogen (secondary N) is 1. The van der Waals surface area contributed by atoms with Gasteiger partial charge in [-0.3, -0.25) is 0 Å². The van der Waals surface area contributed by atoms with E-state index in [4.69, 9.17) is 5.14 Å². The van der Waals surface area contributed by atoms with E-state index in [0.717, 1.165) is 11.1 Å². The fourth-order valence-corrected chi connectivity index (χ4v) is 2.68. The lowest BCUT2D eigenvalue weighted by Crippen LogP contribution is -2.35. The predicted molar refractivity (Wildman–Crippen MR) is 54.0 cm³/mol. The fourth-order valence-electron chi connectivity index (χ4n) is 1.75. The molecule has 0 amide bonds. The van der Waals surface area contributed by atoms with Crippen LogP contribution in [0, 0.1) is 0 Å². The van der Waals surface area contributed by atoms with Gasteiger partial charge in [-0.15, -0.1) is 0 Å². The van der Waals surface area contributed by atoms with Crippen molar-refractivity contribution >= 4 is 10.0 Å². The number of rotatable bonds is 1. The molecular formula is C9H12N2O2S. The van der Waals surface area contributed by atoms with Gasteiger partial charge in [-0.25, -0.2) is 13.6 Å². The predicted octanol–water partition coefficient (Wildman–Crippen LogP) is 0.119. The molecule has 0 saturated heterocycles. The second kappa shape index (κ2) is 3.34. The van der Waals surface area contributed by atoms with Crippen molar-refractivity contribution in [3.63, 3.8) is 0 Å². The average Bonchev–Trinajstić information content (AvgIpc) is 2.15. The van der Waals surface area contributed by atoms with Crippen molar-refractivity contribution in [2.75, 3.05) is 6.54 Å². The van der Waals surface area contributed by atoms with Gasteiger partial charge in [0.05, 0.1) is 0 Å². The summed E-state index contributed by atoms with van der Waals surface area (Å²) in [4.78, 5) is 0. The first kappa shape index (κ1) is 9.64. The van der Waals surface area contributed by atoms with Crippen LogP contribution in [0.3, 0.4) is 0 Å². The van der Waals surface area contributed by atoms with Gasteiger partial charge < -0.3 is 5.32 Å². The lowest BCUT2D eigenvalue weighted by Gasteiger charge is -2.24. The van der Waals surface area contributed by atoms with Crippen molar-refractivity contribution < 1.29 is 8.42 Å². The third kappa shape index (κ3) is 1.66. The first-order valence-corrected chi connectivity index (χ1v) is 6.00. The van der Waals surface area contributed by atoms with Gasteiger partial charge in [-0.1, -0.05) is 24.3 Å². The Hall–Kier alpha value is -0.910. The highest BCUT2D eigenvalue weighted by Crippen LogP contribution is 2.26. The van der Waals surface area contributed by atoms with Gasteiger partial charge in [-0.2, -0.15) is 0 Å². The zero-order chi connectivity index (χ0) is 10.2. The SMILES string of the molecule is NS(=O)(=O)C1CNCc2ccccc21. The van der Waals surface area contributed by atoms with Crippen LogP contribution in [0.4, 0.5) is 0 Å². The van der Waals surface area contributed by atoms with Gasteiger partial charge in [0.1, 0.15) is 5.25 Å². The topological polar surface area (TPSA) is 72.2 Å². The van der Waals surface area contributed by atoms with E-state index >= 15 is 0 Å². The van der Waals surface area contributed by atoms with Crippen LogP contribution in [0.25, 0.3) is 0 Å². The lowest BCUT2D eigenvalue weighted by atomic mass is 10.0. The van der Waals surface area contributed by atoms with Crippen LogP contribution in [0.2, 0.25) is 0 Å². The van der Waals surface area contributed by atoms with Crippen LogP contribution in [0.5, 0.6) is 0 Å². The van der Waals surface area contributed by atoms with E-state index in [2.05, 4.69) is 5.32 Å². The Morgan fingerprint density at radius 3 is 2.79 bits per heavy atom. The van der Waals surface area contributed by atoms with Crippen molar-refractivity contribution in [1.29, 1.82) is 0 Å². The molecule has 4 nitrogen and oxygen atoms in total. The van der Waals surface area contributed by atoms with Crippen molar-refractivity contribution in [2.24, 2.45) is 5.14 Å². The van der Waals surface area contributed by atoms with Crippen molar-refractivity contribution in [1.82, 2.24) is 5.32 Å². The zero-order valence-corrected chi connectivity index (χ0v) is 8.42. The molecule has 1 heterocycles. The fraction of sp³-hybridized carbons (Fsp3) is 0.333. The molecule has 1 unspecified atom stereocenters. The summed E-state index contributed by atoms with van der Waals surface area (Å²) < 4.78 is 22.6. The molecular weight excluding hydrogens is 200 g/mol. The number of fused-ring (bicyclic) bond motifs is 1. The molecule has 0 saturated carbocycles. The number of primary sulfonamides is 1. The van der Waals surface area contributed by atoms with Gasteiger partial charge in [-0.05, 0) is 11.1 Å². The van der Waals surface area contributed by atoms with E-state index < -0.39 is 15.3 Å². The summed E-state index contributed by atoms with van der Waals surface area (Å²) in [6.45, 7) is 1.11. The molecule has 5 heteroatoms. The third-order valence-corrected chi connectivity index (χ3v) is 3.66. The summed E-state index contributed by atoms with van der Waals surface area (Å²) in [5.41, 5.74) is 1.84. The Kier molecular flexibility index (Phi) is 2.30. The first-order valence-electron chi connectivity index (χ1n) is 4.39. The van der Waals surface area contributed by atoms with E-state index in [9.17, 15) is 8.42 Å². The first-order chi connectivity index (χ1) is 6.59. The molecule has 0 aromatic heterocycles. The normalized spacial score (nSPS) is 21.6. The third-order valence-electron chi connectivity index (χ3n) is 2.44. The standard InChI is InChI=1S/C9H12N2O2S/c10-14(12,13)9-6-11-5-7-3-1-2-4-8(7)9/h1-4,9,11H,5-6H2,(H2,10,12,13). The molecule has 1 aromatic rings. The summed E-state index contributed by atoms with van der Waals surface area (Å²) in [7, 11) is -3.50. The number of nitrogens with two attached hydrogens (primary N) is 1. The van der Waals surface area contributed by atoms with Crippen LogP contribution in [0.1, 0.15) is 16.4 Å². The maximum Gasteiger partial charge on any atom is 0.217 e. The molecule has 14 heavy (non-hydrogen) atoms. The highest BCUT2D eigenvalue weighted by molar-refractivity contribution is 7.89. The van der Waals surface area contributed by atoms with E-state index in [1.54, 1.807) is 0 Å². The Bertz CT molecular complexity index is 442. The molecule has 1 atom stereocenters. The second-order valence-corrected chi connectivity index (χ2v) is 5.15. The molecule has 1 aromatic carbocycles. The average molecular weight is 212 g/mol. The summed E-state index contributed by atoms with van der Waals surface area (Å²) in [5, 5.41) is 7.59. The van der Waals surface area contributed by atoms with Crippen LogP contribution >= 0.6 is 0 Å². The van der Waals surface area contributed by atoms with Crippen molar-refractivity contribution in [2.45, 2.75) is 11.8 Å². The van der Waals surface area contributed by atoms with E-state index in [1.165, 1.54) is 0 Å². The molecule has 76 valence electrons. The summed E-state index contributed by atoms with van der Waals surface area (Å²) in [6, 6.07) is 7.47. The van der Waals surface area contributed by atoms with E-state index in [0.29, 0.717) is 13.1 Å². The van der Waals surface area contributed by atoms with E-state index in [-0.39, 0.29) is 0 Å². The zero-order valence-electron chi connectivity index (χ0n) is 7.60. The molecule has 0 bridgehead atoms. The summed E-state index contributed by atoms with van der Waals surface area (Å²) >= 11 is 0. The van der Waals surface area contributed by atoms with Crippen molar-refractivity contribution in [3.8, 4) is 0 Å². The van der Waals surface area contributed by atoms with Gasteiger partial charge >= 0.3 is 0 Å². The van der Waals surface area contributed by atoms with Crippen LogP contribution in [-0.4, -0.2) is 15.0 Å². The summed E-state index contributed by atoms with van der Waals surface area (Å²) in [6.07, 6.45) is 0. The maximum atomic E-state index is 11.3. The van der Waals surface area contributed by atoms with Crippen LogP contribution < -0.4 is 10.5 Å². The minimum absolute atomic E-state index is 0.399. The minimum Gasteiger partial charge on any atom is -0.311 e. The number of sulfonamides is 1. The monoisotopic (exact) mass is 212 g/mol. The molecule has 2 rings (SSSR count). The Labute approximate surface area is 83.2 Å². The van der Waals surface area contributed by atoms with Crippen molar-refractivity contribution in [3.05, 3.63) is 35.4 Å². The molecule has 0 fully saturated rings. The van der Waals surface area contributed by atoms with Gasteiger partial charge in [0.15, 0.2) is 0 Å². The van der Waals surface area contributed by atoms with E-state index in [1.807, 2.05) is 24.3 Å². The maximum absolute atomic E-state index is 11.3. The summed E-state index contributed by atoms with van der Waals surface area (Å²) in [5.74, 6) is 0. The Morgan fingerprint density at radius 2 is 2.07 bits per heavy atom. The smallest absolute Gasteiger partial charge is 0.217 e. The van der Waals surface area contributed by atoms with Crippen LogP contribution in [-0.2, 0) is 16.6 Å². The Balaban J connectivity index is 2.51. The quantitative estimate of drug-likeness (QED) is 0.694. The second-order valence-electron chi connectivity index (χ2n) is 3.41. The molecule has 0 spiro atoms. The number of benzene rings is 1. The molecule has 1 aliphatic rings. The highest BCUT2D eigenvalue weighted by atomic mass is 32.2. The number of hydrogen-bond donors (Lipinski definition) is 2. The lowest BCUT2D eigenvalue weighted by molar-refractivity contribution is 0.557. The molecule has 3 N–H and O–H groups in total. The Morgan fingerprint density at radius 1 is 1.36 bits per heavy atom. The minimum atomic E-state index is -3.50. The van der Waals surface area contributed by atoms with Gasteiger partial charge in [0.2, 0.25) is 10.0 Å². The van der Waals surface area contributed by atoms with Gasteiger partial charge in [0.25, 0.3) is 0 Å². The molecule has 0 aliphatic carbocycles. The largest absolute Gasteiger partial charge is 0.311 e.